The molecule has 0 aromatic rings. The normalized spacial score (nSPS) is 10.8. The zero-order valence-corrected chi connectivity index (χ0v) is 8.26. The Morgan fingerprint density at radius 3 is 2.69 bits per heavy atom. The van der Waals surface area contributed by atoms with Crippen molar-refractivity contribution in [1.29, 1.82) is 0 Å². The van der Waals surface area contributed by atoms with E-state index < -0.39 is 16.0 Å². The number of ether oxygens (including phenoxy) is 1. The van der Waals surface area contributed by atoms with E-state index >= 15 is 0 Å². The number of nitrogens with one attached hydrogen (secondary N) is 1. The van der Waals surface area contributed by atoms with E-state index in [-0.39, 0.29) is 18.9 Å². The smallest absolute Gasteiger partial charge is 0.330 e. The second kappa shape index (κ2) is 5.71. The minimum Gasteiger partial charge on any atom is -0.461 e. The summed E-state index contributed by atoms with van der Waals surface area (Å²) in [5.74, 6) is -0.543. The summed E-state index contributed by atoms with van der Waals surface area (Å²) in [6.45, 7) is 4.83. The lowest BCUT2D eigenvalue weighted by molar-refractivity contribution is -0.137. The predicted octanol–water partition coefficient (Wildman–Crippen LogP) is -0.345. The second-order valence-electron chi connectivity index (χ2n) is 2.17. The van der Waals surface area contributed by atoms with Crippen LogP contribution in [0.3, 0.4) is 0 Å². The van der Waals surface area contributed by atoms with Gasteiger partial charge >= 0.3 is 5.97 Å². The lowest BCUT2D eigenvalue weighted by Crippen LogP contribution is -2.29. The molecule has 13 heavy (non-hydrogen) atoms. The van der Waals surface area contributed by atoms with Crippen molar-refractivity contribution in [2.24, 2.45) is 0 Å². The van der Waals surface area contributed by atoms with Crippen LogP contribution in [0.25, 0.3) is 0 Å². The van der Waals surface area contributed by atoms with Crippen LogP contribution in [0.15, 0.2) is 12.7 Å². The maximum absolute atomic E-state index is 10.8. The van der Waals surface area contributed by atoms with Gasteiger partial charge in [-0.3, -0.25) is 0 Å². The molecule has 0 radical (unpaired) electrons. The molecule has 0 saturated heterocycles. The zero-order chi connectivity index (χ0) is 10.3. The second-order valence-corrected chi connectivity index (χ2v) is 4.26. The van der Waals surface area contributed by atoms with Crippen LogP contribution in [-0.2, 0) is 19.6 Å². The van der Waals surface area contributed by atoms with Crippen LogP contribution in [0.5, 0.6) is 0 Å². The molecule has 6 heteroatoms. The molecule has 5 nitrogen and oxygen atoms in total. The molecular formula is C7H13NO4S. The Labute approximate surface area is 77.8 Å². The van der Waals surface area contributed by atoms with Gasteiger partial charge < -0.3 is 4.74 Å². The molecular weight excluding hydrogens is 194 g/mol. The van der Waals surface area contributed by atoms with Gasteiger partial charge in [0.25, 0.3) is 0 Å². The summed E-state index contributed by atoms with van der Waals surface area (Å²) in [4.78, 5) is 10.5. The van der Waals surface area contributed by atoms with Gasteiger partial charge in [-0.15, -0.1) is 0 Å². The molecule has 76 valence electrons. The first-order chi connectivity index (χ1) is 6.02. The Kier molecular flexibility index (Phi) is 5.33. The van der Waals surface area contributed by atoms with Crippen LogP contribution in [0, 0.1) is 0 Å². The number of esters is 1. The van der Waals surface area contributed by atoms with E-state index in [1.807, 2.05) is 0 Å². The lowest BCUT2D eigenvalue weighted by Gasteiger charge is -2.03. The highest BCUT2D eigenvalue weighted by Crippen LogP contribution is 1.82. The van der Waals surface area contributed by atoms with E-state index in [2.05, 4.69) is 16.0 Å². The summed E-state index contributed by atoms with van der Waals surface area (Å²) >= 11 is 0. The van der Waals surface area contributed by atoms with Crippen LogP contribution < -0.4 is 4.72 Å². The van der Waals surface area contributed by atoms with Crippen molar-refractivity contribution in [3.8, 4) is 0 Å². The molecule has 0 rings (SSSR count). The Bertz CT molecular complexity index is 270. The molecule has 0 fully saturated rings. The van der Waals surface area contributed by atoms with E-state index in [0.29, 0.717) is 0 Å². The standard InChI is InChI=1S/C7H13NO4S/c1-3-7(9)12-6-5-8-13(10,11)4-2/h3,8H,1,4-6H2,2H3. The van der Waals surface area contributed by atoms with Crippen molar-refractivity contribution in [2.75, 3.05) is 18.9 Å². The zero-order valence-electron chi connectivity index (χ0n) is 7.45. The van der Waals surface area contributed by atoms with Gasteiger partial charge in [-0.2, -0.15) is 0 Å². The van der Waals surface area contributed by atoms with E-state index in [9.17, 15) is 13.2 Å². The molecule has 0 bridgehead atoms. The van der Waals surface area contributed by atoms with Crippen molar-refractivity contribution in [3.63, 3.8) is 0 Å². The molecule has 0 aliphatic carbocycles. The molecule has 0 aliphatic rings. The highest BCUT2D eigenvalue weighted by atomic mass is 32.2. The summed E-state index contributed by atoms with van der Waals surface area (Å²) in [6.07, 6.45) is 1.02. The van der Waals surface area contributed by atoms with Crippen molar-refractivity contribution in [1.82, 2.24) is 4.72 Å². The fourth-order valence-corrected chi connectivity index (χ4v) is 1.11. The topological polar surface area (TPSA) is 72.5 Å². The van der Waals surface area contributed by atoms with E-state index in [4.69, 9.17) is 0 Å². The predicted molar refractivity (Wildman–Crippen MR) is 48.6 cm³/mol. The molecule has 0 heterocycles. The first-order valence-corrected chi connectivity index (χ1v) is 5.43. The summed E-state index contributed by atoms with van der Waals surface area (Å²) < 4.78 is 28.5. The van der Waals surface area contributed by atoms with E-state index in [1.54, 1.807) is 0 Å². The highest BCUT2D eigenvalue weighted by molar-refractivity contribution is 7.89. The third kappa shape index (κ3) is 6.30. The fourth-order valence-electron chi connectivity index (χ4n) is 0.510. The minimum atomic E-state index is -3.19. The van der Waals surface area contributed by atoms with Crippen LogP contribution in [0.1, 0.15) is 6.92 Å². The summed E-state index contributed by atoms with van der Waals surface area (Å²) in [7, 11) is -3.19. The van der Waals surface area contributed by atoms with Gasteiger partial charge in [-0.1, -0.05) is 6.58 Å². The lowest BCUT2D eigenvalue weighted by atomic mass is 10.6. The third-order valence-electron chi connectivity index (χ3n) is 1.22. The SMILES string of the molecule is C=CC(=O)OCCNS(=O)(=O)CC. The third-order valence-corrected chi connectivity index (χ3v) is 2.62. The van der Waals surface area contributed by atoms with Crippen LogP contribution >= 0.6 is 0 Å². The fraction of sp³-hybridized carbons (Fsp3) is 0.571. The molecule has 0 atom stereocenters. The number of hydrogen-bond acceptors (Lipinski definition) is 4. The van der Waals surface area contributed by atoms with Gasteiger partial charge in [0, 0.05) is 12.6 Å². The Balaban J connectivity index is 3.58. The van der Waals surface area contributed by atoms with Gasteiger partial charge in [0.2, 0.25) is 10.0 Å². The molecule has 0 aromatic heterocycles. The molecule has 0 unspecified atom stereocenters. The average molecular weight is 207 g/mol. The minimum absolute atomic E-state index is 0.0163. The van der Waals surface area contributed by atoms with Gasteiger partial charge in [0.05, 0.1) is 5.75 Å². The highest BCUT2D eigenvalue weighted by Gasteiger charge is 2.04. The summed E-state index contributed by atoms with van der Waals surface area (Å²) in [5, 5.41) is 0. The van der Waals surface area contributed by atoms with Gasteiger partial charge in [-0.25, -0.2) is 17.9 Å². The van der Waals surface area contributed by atoms with Crippen molar-refractivity contribution >= 4 is 16.0 Å². The molecule has 0 amide bonds. The van der Waals surface area contributed by atoms with Crippen LogP contribution in [0.2, 0.25) is 0 Å². The van der Waals surface area contributed by atoms with Gasteiger partial charge in [0.1, 0.15) is 6.61 Å². The molecule has 0 aromatic carbocycles. The molecule has 1 N–H and O–H groups in total. The van der Waals surface area contributed by atoms with E-state index in [1.165, 1.54) is 6.92 Å². The Hall–Kier alpha value is -0.880. The first-order valence-electron chi connectivity index (χ1n) is 3.78. The largest absolute Gasteiger partial charge is 0.461 e. The number of hydrogen-bond donors (Lipinski definition) is 1. The van der Waals surface area contributed by atoms with Crippen LogP contribution in [0.4, 0.5) is 0 Å². The first kappa shape index (κ1) is 12.1. The Morgan fingerprint density at radius 1 is 1.62 bits per heavy atom. The molecule has 0 aliphatic heterocycles. The van der Waals surface area contributed by atoms with Crippen molar-refractivity contribution in [2.45, 2.75) is 6.92 Å². The number of carbonyl (C=O) groups is 1. The average Bonchev–Trinajstić information content (AvgIpc) is 2.12. The van der Waals surface area contributed by atoms with Crippen molar-refractivity contribution < 1.29 is 17.9 Å². The summed E-state index contributed by atoms with van der Waals surface area (Å²) in [5.41, 5.74) is 0. The molecule has 0 saturated carbocycles. The quantitative estimate of drug-likeness (QED) is 0.367. The number of sulfonamides is 1. The summed E-state index contributed by atoms with van der Waals surface area (Å²) in [6, 6.07) is 0. The monoisotopic (exact) mass is 207 g/mol. The molecule has 0 spiro atoms. The van der Waals surface area contributed by atoms with Gasteiger partial charge in [0.15, 0.2) is 0 Å². The maximum atomic E-state index is 10.8. The number of carbonyl (C=O) groups excluding carboxylic acids is 1. The van der Waals surface area contributed by atoms with Gasteiger partial charge in [-0.05, 0) is 6.92 Å². The number of rotatable bonds is 6. The van der Waals surface area contributed by atoms with E-state index in [0.717, 1.165) is 6.08 Å². The van der Waals surface area contributed by atoms with Crippen LogP contribution in [-0.4, -0.2) is 33.3 Å². The Morgan fingerprint density at radius 2 is 2.23 bits per heavy atom. The van der Waals surface area contributed by atoms with Crippen molar-refractivity contribution in [3.05, 3.63) is 12.7 Å². The maximum Gasteiger partial charge on any atom is 0.330 e.